The van der Waals surface area contributed by atoms with Crippen molar-refractivity contribution in [3.63, 3.8) is 0 Å². The lowest BCUT2D eigenvalue weighted by Gasteiger charge is -2.38. The lowest BCUT2D eigenvalue weighted by Crippen LogP contribution is -2.54. The Labute approximate surface area is 176 Å². The van der Waals surface area contributed by atoms with Crippen molar-refractivity contribution in [2.45, 2.75) is 51.0 Å². The van der Waals surface area contributed by atoms with E-state index in [1.807, 2.05) is 17.9 Å². The van der Waals surface area contributed by atoms with Crippen LogP contribution in [0, 0.1) is 12.8 Å². The fraction of sp³-hybridized carbons (Fsp3) is 0.591. The topological polar surface area (TPSA) is 102 Å². The molecule has 2 heterocycles. The molecule has 3 fully saturated rings. The maximum absolute atomic E-state index is 12.9. The Bertz CT molecular complexity index is 844. The number of hydrogen-bond acceptors (Lipinski definition) is 5. The van der Waals surface area contributed by atoms with Gasteiger partial charge in [0, 0.05) is 44.4 Å². The number of piperazine rings is 1. The molecular weight excluding hydrogens is 384 g/mol. The number of aromatic hydroxyl groups is 1. The smallest absolute Gasteiger partial charge is 0.322 e. The van der Waals surface area contributed by atoms with Gasteiger partial charge in [0.05, 0.1) is 0 Å². The number of benzene rings is 1. The van der Waals surface area contributed by atoms with Gasteiger partial charge >= 0.3 is 6.03 Å². The molecule has 0 spiro atoms. The van der Waals surface area contributed by atoms with E-state index in [9.17, 15) is 19.5 Å². The van der Waals surface area contributed by atoms with Crippen molar-refractivity contribution in [2.24, 2.45) is 5.92 Å². The maximum Gasteiger partial charge on any atom is 0.322 e. The van der Waals surface area contributed by atoms with Crippen LogP contribution < -0.4 is 15.5 Å². The third-order valence-electron chi connectivity index (χ3n) is 6.92. The second-order valence-corrected chi connectivity index (χ2v) is 8.70. The molecule has 8 heteroatoms. The molecule has 1 aromatic rings. The normalized spacial score (nSPS) is 24.8. The Balaban J connectivity index is 1.36. The van der Waals surface area contributed by atoms with E-state index in [2.05, 4.69) is 15.5 Å². The summed E-state index contributed by atoms with van der Waals surface area (Å²) in [7, 11) is 0. The molecule has 1 saturated carbocycles. The highest BCUT2D eigenvalue weighted by Crippen LogP contribution is 2.38. The number of phenols is 1. The summed E-state index contributed by atoms with van der Waals surface area (Å²) in [5.41, 5.74) is 1.14. The molecule has 2 saturated heterocycles. The third kappa shape index (κ3) is 3.82. The van der Waals surface area contributed by atoms with Gasteiger partial charge in [-0.15, -0.1) is 0 Å². The van der Waals surface area contributed by atoms with E-state index in [0.29, 0.717) is 32.6 Å². The number of amides is 4. The van der Waals surface area contributed by atoms with Gasteiger partial charge in [-0.2, -0.15) is 0 Å². The van der Waals surface area contributed by atoms with Crippen molar-refractivity contribution in [2.75, 3.05) is 31.1 Å². The molecule has 4 rings (SSSR count). The van der Waals surface area contributed by atoms with Gasteiger partial charge in [-0.05, 0) is 43.7 Å². The summed E-state index contributed by atoms with van der Waals surface area (Å²) in [5, 5.41) is 15.0. The summed E-state index contributed by atoms with van der Waals surface area (Å²) < 4.78 is 0. The van der Waals surface area contributed by atoms with E-state index < -0.39 is 11.6 Å². The largest absolute Gasteiger partial charge is 0.508 e. The molecule has 30 heavy (non-hydrogen) atoms. The molecule has 3 N–H and O–H groups in total. The van der Waals surface area contributed by atoms with E-state index in [1.54, 1.807) is 12.1 Å². The maximum atomic E-state index is 12.9. The van der Waals surface area contributed by atoms with Crippen molar-refractivity contribution in [1.82, 2.24) is 15.5 Å². The number of rotatable bonds is 5. The lowest BCUT2D eigenvalue weighted by molar-refractivity contribution is -0.133. The van der Waals surface area contributed by atoms with E-state index in [1.165, 1.54) is 0 Å². The molecule has 1 atom stereocenters. The summed E-state index contributed by atoms with van der Waals surface area (Å²) in [6.07, 6.45) is 4.52. The lowest BCUT2D eigenvalue weighted by atomic mass is 9.79. The van der Waals surface area contributed by atoms with Gasteiger partial charge in [-0.3, -0.25) is 14.9 Å². The third-order valence-corrected chi connectivity index (χ3v) is 6.92. The van der Waals surface area contributed by atoms with Gasteiger partial charge in [-0.25, -0.2) is 4.79 Å². The monoisotopic (exact) mass is 414 g/mol. The number of nitrogens with one attached hydrogen (secondary N) is 2. The first-order chi connectivity index (χ1) is 14.4. The predicted octanol–water partition coefficient (Wildman–Crippen LogP) is 1.90. The standard InChI is InChI=1S/C22H30N4O4/c1-15-6-7-17(27)14-18(15)25-10-12-26(13-11-25)19(28)8-9-22(16-4-2-3-5-16)20(29)23-21(30)24-22/h6-7,14,16,27H,2-5,8-13H2,1H3,(H2,23,24,29,30). The Morgan fingerprint density at radius 1 is 1.17 bits per heavy atom. The van der Waals surface area contributed by atoms with Gasteiger partial charge in [0.1, 0.15) is 11.3 Å². The number of carbonyl (C=O) groups excluding carboxylic acids is 3. The number of nitrogens with zero attached hydrogens (tertiary/aromatic N) is 2. The number of urea groups is 1. The summed E-state index contributed by atoms with van der Waals surface area (Å²) in [4.78, 5) is 41.3. The first-order valence-corrected chi connectivity index (χ1v) is 10.8. The van der Waals surface area contributed by atoms with E-state index >= 15 is 0 Å². The van der Waals surface area contributed by atoms with Crippen LogP contribution in [0.15, 0.2) is 18.2 Å². The zero-order chi connectivity index (χ0) is 21.3. The summed E-state index contributed by atoms with van der Waals surface area (Å²) in [5.74, 6) is 0.0792. The Hall–Kier alpha value is -2.77. The molecule has 3 aliphatic rings. The SMILES string of the molecule is Cc1ccc(O)cc1N1CCN(C(=O)CCC2(C3CCCC3)NC(=O)NC2=O)CC1. The molecule has 162 valence electrons. The van der Waals surface area contributed by atoms with Gasteiger partial charge in [0.2, 0.25) is 5.91 Å². The van der Waals surface area contributed by atoms with E-state index in [0.717, 1.165) is 36.9 Å². The number of hydrogen-bond donors (Lipinski definition) is 3. The average Bonchev–Trinajstić information content (AvgIpc) is 3.37. The summed E-state index contributed by atoms with van der Waals surface area (Å²) in [6, 6.07) is 4.89. The van der Waals surface area contributed by atoms with Gasteiger partial charge in [0.15, 0.2) is 0 Å². The van der Waals surface area contributed by atoms with Crippen LogP contribution >= 0.6 is 0 Å². The molecule has 1 unspecified atom stereocenters. The highest BCUT2D eigenvalue weighted by atomic mass is 16.3. The molecule has 1 aromatic carbocycles. The number of carbonyl (C=O) groups is 3. The first-order valence-electron chi connectivity index (χ1n) is 10.8. The van der Waals surface area contributed by atoms with Crippen LogP contribution in [0.25, 0.3) is 0 Å². The van der Waals surface area contributed by atoms with Crippen LogP contribution in [-0.4, -0.2) is 59.6 Å². The Morgan fingerprint density at radius 3 is 2.50 bits per heavy atom. The van der Waals surface area contributed by atoms with Crippen LogP contribution in [0.5, 0.6) is 5.75 Å². The van der Waals surface area contributed by atoms with Crippen molar-refractivity contribution in [3.05, 3.63) is 23.8 Å². The second-order valence-electron chi connectivity index (χ2n) is 8.70. The molecule has 8 nitrogen and oxygen atoms in total. The minimum Gasteiger partial charge on any atom is -0.508 e. The quantitative estimate of drug-likeness (QED) is 0.639. The van der Waals surface area contributed by atoms with Gasteiger partial charge < -0.3 is 20.2 Å². The number of phenolic OH excluding ortho intramolecular Hbond substituents is 1. The van der Waals surface area contributed by atoms with Crippen molar-refractivity contribution in [3.8, 4) is 5.75 Å². The minimum atomic E-state index is -0.941. The molecular formula is C22H30N4O4. The molecule has 0 radical (unpaired) electrons. The molecule has 4 amide bonds. The van der Waals surface area contributed by atoms with E-state index in [-0.39, 0.29) is 29.9 Å². The van der Waals surface area contributed by atoms with Crippen LogP contribution in [0.3, 0.4) is 0 Å². The Kier molecular flexibility index (Phi) is 5.58. The summed E-state index contributed by atoms with van der Waals surface area (Å²) >= 11 is 0. The number of aryl methyl sites for hydroxylation is 1. The van der Waals surface area contributed by atoms with Crippen LogP contribution in [0.4, 0.5) is 10.5 Å². The predicted molar refractivity (Wildman–Crippen MR) is 112 cm³/mol. The minimum absolute atomic E-state index is 0.0219. The fourth-order valence-electron chi connectivity index (χ4n) is 5.19. The molecule has 2 aliphatic heterocycles. The van der Waals surface area contributed by atoms with E-state index in [4.69, 9.17) is 0 Å². The second kappa shape index (κ2) is 8.16. The van der Waals surface area contributed by atoms with Gasteiger partial charge in [-0.1, -0.05) is 18.9 Å². The van der Waals surface area contributed by atoms with Crippen LogP contribution in [-0.2, 0) is 9.59 Å². The highest BCUT2D eigenvalue weighted by molar-refractivity contribution is 6.07. The summed E-state index contributed by atoms with van der Waals surface area (Å²) in [6.45, 7) is 4.60. The van der Waals surface area contributed by atoms with Crippen molar-refractivity contribution >= 4 is 23.5 Å². The molecule has 0 bridgehead atoms. The van der Waals surface area contributed by atoms with Crippen molar-refractivity contribution < 1.29 is 19.5 Å². The van der Waals surface area contributed by atoms with Crippen molar-refractivity contribution in [1.29, 1.82) is 0 Å². The molecule has 1 aliphatic carbocycles. The number of imide groups is 1. The zero-order valence-electron chi connectivity index (χ0n) is 17.4. The first kappa shape index (κ1) is 20.5. The Morgan fingerprint density at radius 2 is 1.87 bits per heavy atom. The van der Waals surface area contributed by atoms with Gasteiger partial charge in [0.25, 0.3) is 5.91 Å². The average molecular weight is 415 g/mol. The number of anilines is 1. The fourth-order valence-corrected chi connectivity index (χ4v) is 5.19. The highest BCUT2D eigenvalue weighted by Gasteiger charge is 2.52. The zero-order valence-corrected chi connectivity index (χ0v) is 17.4. The van der Waals surface area contributed by atoms with Crippen LogP contribution in [0.1, 0.15) is 44.1 Å². The molecule has 0 aromatic heterocycles. The van der Waals surface area contributed by atoms with Crippen LogP contribution in [0.2, 0.25) is 0 Å².